The summed E-state index contributed by atoms with van der Waals surface area (Å²) in [5, 5.41) is 0. The Morgan fingerprint density at radius 1 is 1.32 bits per heavy atom. The molecule has 16 heteroatoms. The third kappa shape index (κ3) is 5.38. The summed E-state index contributed by atoms with van der Waals surface area (Å²) < 4.78 is 50.3. The predicted octanol–water partition coefficient (Wildman–Crippen LogP) is -1.51. The molecule has 1 aromatic rings. The van der Waals surface area contributed by atoms with Crippen LogP contribution in [0.15, 0.2) is 21.9 Å². The van der Waals surface area contributed by atoms with Gasteiger partial charge in [0.25, 0.3) is 11.5 Å². The number of phosphoric ester groups is 2. The molecule has 0 amide bonds. The van der Waals surface area contributed by atoms with E-state index in [2.05, 4.69) is 9.05 Å². The van der Waals surface area contributed by atoms with Crippen molar-refractivity contribution in [1.82, 2.24) is 9.55 Å². The first kappa shape index (κ1) is 20.1. The highest BCUT2D eigenvalue weighted by Gasteiger charge is 2.52. The highest BCUT2D eigenvalue weighted by atomic mass is 31.2. The van der Waals surface area contributed by atoms with Crippen LogP contribution in [-0.4, -0.2) is 47.9 Å². The van der Waals surface area contributed by atoms with Crippen molar-refractivity contribution in [2.24, 2.45) is 0 Å². The van der Waals surface area contributed by atoms with E-state index in [1.165, 1.54) is 0 Å². The van der Waals surface area contributed by atoms with E-state index in [4.69, 9.17) is 24.3 Å². The lowest BCUT2D eigenvalue weighted by molar-refractivity contribution is -0.204. The fourth-order valence-electron chi connectivity index (χ4n) is 2.16. The van der Waals surface area contributed by atoms with Crippen molar-refractivity contribution in [3.63, 3.8) is 0 Å². The normalized spacial score (nSPS) is 27.6. The van der Waals surface area contributed by atoms with Gasteiger partial charge in [0.2, 0.25) is 0 Å². The predicted molar refractivity (Wildman–Crippen MR) is 74.8 cm³/mol. The maximum absolute atomic E-state index is 15.0. The summed E-state index contributed by atoms with van der Waals surface area (Å²) in [5.74, 6) is -3.01. The first-order valence-electron chi connectivity index (χ1n) is 6.42. The van der Waals surface area contributed by atoms with Gasteiger partial charge in [-0.2, -0.15) is 4.39 Å². The number of ether oxygens (including phenoxy) is 1. The topological polar surface area (TPSA) is 198 Å². The number of H-pyrrole nitrogens is 1. The first-order valence-corrected chi connectivity index (χ1v) is 9.48. The van der Waals surface area contributed by atoms with Crippen molar-refractivity contribution >= 4 is 15.6 Å². The molecule has 142 valence electrons. The Morgan fingerprint density at radius 2 is 1.96 bits per heavy atom. The largest absolute Gasteiger partial charge is 0.469 e. The molecule has 0 aromatic carbocycles. The molecular weight excluding hydrogens is 393 g/mol. The Bertz CT molecular complexity index is 842. The maximum Gasteiger partial charge on any atom is 0.469 e. The highest BCUT2D eigenvalue weighted by Crippen LogP contribution is 2.47. The number of aromatic nitrogens is 2. The second-order valence-electron chi connectivity index (χ2n) is 4.95. The number of rotatable bonds is 6. The van der Waals surface area contributed by atoms with E-state index in [1.54, 1.807) is 4.98 Å². The third-order valence-electron chi connectivity index (χ3n) is 3.06. The van der Waals surface area contributed by atoms with E-state index < -0.39 is 58.1 Å². The number of nitrogens with one attached hydrogen (secondary N) is 1. The number of hydrogen-bond acceptors (Lipinski definition) is 7. The van der Waals surface area contributed by atoms with Gasteiger partial charge in [0, 0.05) is 12.3 Å². The number of hydrogen-bond donors (Lipinski definition) is 5. The van der Waals surface area contributed by atoms with E-state index in [9.17, 15) is 23.1 Å². The van der Waals surface area contributed by atoms with Crippen molar-refractivity contribution < 1.29 is 46.9 Å². The van der Waals surface area contributed by atoms with Gasteiger partial charge in [0.05, 0.1) is 13.0 Å². The molecule has 2 heterocycles. The van der Waals surface area contributed by atoms with Crippen molar-refractivity contribution in [3.05, 3.63) is 33.1 Å². The zero-order valence-corrected chi connectivity index (χ0v) is 13.9. The lowest BCUT2D eigenvalue weighted by Gasteiger charge is -2.22. The molecule has 1 aromatic heterocycles. The van der Waals surface area contributed by atoms with Crippen LogP contribution in [0.5, 0.6) is 0 Å². The van der Waals surface area contributed by atoms with Gasteiger partial charge >= 0.3 is 21.3 Å². The van der Waals surface area contributed by atoms with Crippen LogP contribution in [-0.2, 0) is 28.9 Å². The van der Waals surface area contributed by atoms with Gasteiger partial charge in [-0.1, -0.05) is 0 Å². The Morgan fingerprint density at radius 3 is 2.48 bits per heavy atom. The van der Waals surface area contributed by atoms with Crippen LogP contribution in [0.3, 0.4) is 0 Å². The van der Waals surface area contributed by atoms with Gasteiger partial charge in [-0.05, 0) is 0 Å². The number of phosphoric acid groups is 2. The molecule has 0 unspecified atom stereocenters. The number of nitrogens with zero attached hydrogens (tertiary/aromatic N) is 1. The van der Waals surface area contributed by atoms with E-state index in [-0.39, 0.29) is 0 Å². The Hall–Kier alpha value is -1.21. The second-order valence-corrected chi connectivity index (χ2v) is 7.38. The van der Waals surface area contributed by atoms with E-state index >= 15 is 0 Å². The quantitative estimate of drug-likeness (QED) is 0.344. The van der Waals surface area contributed by atoms with Crippen molar-refractivity contribution in [2.45, 2.75) is 24.6 Å². The minimum absolute atomic E-state index is 0.294. The highest BCUT2D eigenvalue weighted by molar-refractivity contribution is 7.46. The van der Waals surface area contributed by atoms with E-state index in [0.29, 0.717) is 4.57 Å². The van der Waals surface area contributed by atoms with E-state index in [1.807, 2.05) is 0 Å². The zero-order chi connectivity index (χ0) is 19.0. The maximum atomic E-state index is 15.0. The molecule has 5 N–H and O–H groups in total. The molecule has 0 saturated carbocycles. The van der Waals surface area contributed by atoms with Gasteiger partial charge in [-0.25, -0.2) is 18.5 Å². The number of alkyl halides is 1. The zero-order valence-electron chi connectivity index (χ0n) is 12.1. The lowest BCUT2D eigenvalue weighted by atomic mass is 10.2. The van der Waals surface area contributed by atoms with Gasteiger partial charge in [-0.15, -0.1) is 0 Å². The summed E-state index contributed by atoms with van der Waals surface area (Å²) in [7, 11) is -10.1. The minimum atomic E-state index is -5.13. The smallest absolute Gasteiger partial charge is 0.320 e. The second kappa shape index (κ2) is 6.83. The van der Waals surface area contributed by atoms with Crippen LogP contribution in [0.2, 0.25) is 0 Å². The summed E-state index contributed by atoms with van der Waals surface area (Å²) in [6.07, 6.45) is -3.58. The average molecular weight is 406 g/mol. The van der Waals surface area contributed by atoms with Crippen LogP contribution in [0.4, 0.5) is 4.39 Å². The molecule has 3 atom stereocenters. The van der Waals surface area contributed by atoms with Gasteiger partial charge in [0.1, 0.15) is 12.2 Å². The molecule has 1 saturated heterocycles. The summed E-state index contributed by atoms with van der Waals surface area (Å²) in [6.45, 7) is -0.987. The van der Waals surface area contributed by atoms with Crippen molar-refractivity contribution in [1.29, 1.82) is 0 Å². The number of aromatic amines is 1. The fourth-order valence-corrected chi connectivity index (χ4v) is 3.07. The van der Waals surface area contributed by atoms with Crippen LogP contribution in [0, 0.1) is 0 Å². The van der Waals surface area contributed by atoms with Gasteiger partial charge in [-0.3, -0.25) is 18.8 Å². The van der Waals surface area contributed by atoms with Gasteiger partial charge in [0.15, 0.2) is 0 Å². The monoisotopic (exact) mass is 406 g/mol. The fraction of sp³-hybridized carbons (Fsp3) is 0.556. The summed E-state index contributed by atoms with van der Waals surface area (Å²) in [4.78, 5) is 59.5. The average Bonchev–Trinajstić information content (AvgIpc) is 2.70. The van der Waals surface area contributed by atoms with E-state index in [0.717, 1.165) is 12.3 Å². The molecule has 1 aliphatic rings. The number of halogens is 1. The molecule has 25 heavy (non-hydrogen) atoms. The Labute approximate surface area is 137 Å². The summed E-state index contributed by atoms with van der Waals surface area (Å²) >= 11 is 0. The molecule has 0 spiro atoms. The molecule has 2 rings (SSSR count). The standard InChI is InChI=1S/C9H13FN2O11P2/c10-9(12-2-1-7(13)11-8(12)14)3-5(23-25(18,19)20)6(22-9)4-21-24(15,16)17/h1-2,5-6H,3-4H2,(H,11,13,14)(H2,15,16,17)(H2,18,19,20)/t5-,6+,9-/m0/s1. The summed E-state index contributed by atoms with van der Waals surface area (Å²) in [5.41, 5.74) is -2.05. The third-order valence-corrected chi connectivity index (χ3v) is 4.09. The van der Waals surface area contributed by atoms with Crippen LogP contribution < -0.4 is 11.2 Å². The SMILES string of the molecule is O=c1ccn([C@@]2(F)C[C@H](OP(=O)(O)O)[C@@H](COP(=O)(O)O)O2)c(=O)[nH]1. The minimum Gasteiger partial charge on any atom is -0.320 e. The first-order chi connectivity index (χ1) is 11.3. The molecule has 1 aliphatic heterocycles. The van der Waals surface area contributed by atoms with Crippen LogP contribution >= 0.6 is 15.6 Å². The molecule has 0 aliphatic carbocycles. The summed E-state index contributed by atoms with van der Waals surface area (Å²) in [6, 6.07) is 0.796. The molecule has 0 radical (unpaired) electrons. The van der Waals surface area contributed by atoms with Gasteiger partial charge < -0.3 is 24.3 Å². The molecular formula is C9H13FN2O11P2. The lowest BCUT2D eigenvalue weighted by Crippen LogP contribution is -2.41. The van der Waals surface area contributed by atoms with Crippen LogP contribution in [0.25, 0.3) is 0 Å². The Kier molecular flexibility index (Phi) is 5.50. The molecule has 13 nitrogen and oxygen atoms in total. The molecule has 0 bridgehead atoms. The van der Waals surface area contributed by atoms with Crippen molar-refractivity contribution in [2.75, 3.05) is 6.61 Å². The Balaban J connectivity index is 2.32. The molecule has 1 fully saturated rings. The van der Waals surface area contributed by atoms with Crippen LogP contribution in [0.1, 0.15) is 6.42 Å². The van der Waals surface area contributed by atoms with Crippen molar-refractivity contribution in [3.8, 4) is 0 Å².